The minimum Gasteiger partial charge on any atom is -0.399 e. The lowest BCUT2D eigenvalue weighted by Crippen LogP contribution is -2.19. The zero-order valence-corrected chi connectivity index (χ0v) is 10.4. The highest BCUT2D eigenvalue weighted by atomic mass is 16.2. The van der Waals surface area contributed by atoms with E-state index in [9.17, 15) is 4.79 Å². The zero-order valence-electron chi connectivity index (χ0n) is 10.4. The number of hydrogen-bond donors (Lipinski definition) is 4. The van der Waals surface area contributed by atoms with Crippen molar-refractivity contribution < 1.29 is 4.79 Å². The van der Waals surface area contributed by atoms with Gasteiger partial charge in [0.15, 0.2) is 0 Å². The second kappa shape index (κ2) is 5.88. The predicted octanol–water partition coefficient (Wildman–Crippen LogP) is 2.37. The molecule has 0 heterocycles. The number of nitrogens with one attached hydrogen (secondary N) is 2. The van der Waals surface area contributed by atoms with Crippen LogP contribution in [0, 0.1) is 0 Å². The highest BCUT2D eigenvalue weighted by molar-refractivity contribution is 5.99. The number of carbonyl (C=O) groups excluding carboxylic acids is 1. The van der Waals surface area contributed by atoms with Gasteiger partial charge in [-0.25, -0.2) is 4.79 Å². The summed E-state index contributed by atoms with van der Waals surface area (Å²) in [6, 6.07) is 14.0. The fourth-order valence-electron chi connectivity index (χ4n) is 1.64. The Hall–Kier alpha value is -2.53. The van der Waals surface area contributed by atoms with E-state index in [1.807, 2.05) is 24.3 Å². The minimum atomic E-state index is -0.307. The Kier molecular flexibility index (Phi) is 4.00. The Morgan fingerprint density at radius 1 is 1.00 bits per heavy atom. The molecule has 0 spiro atoms. The van der Waals surface area contributed by atoms with Crippen LogP contribution in [0.1, 0.15) is 5.56 Å². The molecule has 0 radical (unpaired) electrons. The summed E-state index contributed by atoms with van der Waals surface area (Å²) < 4.78 is 0. The first-order valence-corrected chi connectivity index (χ1v) is 5.90. The van der Waals surface area contributed by atoms with E-state index in [2.05, 4.69) is 10.6 Å². The Bertz CT molecular complexity index is 566. The Morgan fingerprint density at radius 2 is 1.68 bits per heavy atom. The molecule has 5 heteroatoms. The van der Waals surface area contributed by atoms with Crippen LogP contribution in [0.3, 0.4) is 0 Å². The molecular formula is C14H16N4O. The maximum Gasteiger partial charge on any atom is 0.323 e. The fourth-order valence-corrected chi connectivity index (χ4v) is 1.64. The normalized spacial score (nSPS) is 9.95. The van der Waals surface area contributed by atoms with Gasteiger partial charge in [-0.2, -0.15) is 0 Å². The highest BCUT2D eigenvalue weighted by Crippen LogP contribution is 2.13. The van der Waals surface area contributed by atoms with Gasteiger partial charge in [0, 0.05) is 23.6 Å². The van der Waals surface area contributed by atoms with E-state index in [1.54, 1.807) is 24.3 Å². The molecule has 2 aromatic carbocycles. The van der Waals surface area contributed by atoms with Crippen LogP contribution in [-0.2, 0) is 6.54 Å². The molecular weight excluding hydrogens is 240 g/mol. The number of nitrogen functional groups attached to an aromatic ring is 1. The smallest absolute Gasteiger partial charge is 0.323 e. The Morgan fingerprint density at radius 3 is 2.37 bits per heavy atom. The van der Waals surface area contributed by atoms with Gasteiger partial charge >= 0.3 is 6.03 Å². The molecule has 0 aliphatic rings. The van der Waals surface area contributed by atoms with Crippen LogP contribution in [0.25, 0.3) is 0 Å². The summed E-state index contributed by atoms with van der Waals surface area (Å²) in [5, 5.41) is 5.46. The number of nitrogens with two attached hydrogens (primary N) is 2. The van der Waals surface area contributed by atoms with E-state index in [0.29, 0.717) is 23.6 Å². The minimum absolute atomic E-state index is 0.307. The summed E-state index contributed by atoms with van der Waals surface area (Å²) in [5.41, 5.74) is 14.1. The van der Waals surface area contributed by atoms with Crippen LogP contribution in [0.5, 0.6) is 0 Å². The van der Waals surface area contributed by atoms with Gasteiger partial charge in [0.25, 0.3) is 0 Å². The first-order valence-electron chi connectivity index (χ1n) is 5.90. The average molecular weight is 256 g/mol. The number of hydrogen-bond acceptors (Lipinski definition) is 3. The fraction of sp³-hybridized carbons (Fsp3) is 0.0714. The third-order valence-corrected chi connectivity index (χ3v) is 2.59. The lowest BCUT2D eigenvalue weighted by molar-refractivity contribution is 0.262. The first kappa shape index (κ1) is 12.9. The molecule has 2 rings (SSSR count). The van der Waals surface area contributed by atoms with E-state index in [4.69, 9.17) is 11.5 Å². The van der Waals surface area contributed by atoms with E-state index in [-0.39, 0.29) is 6.03 Å². The van der Waals surface area contributed by atoms with Gasteiger partial charge in [0.1, 0.15) is 0 Å². The van der Waals surface area contributed by atoms with Gasteiger partial charge in [-0.1, -0.05) is 12.1 Å². The van der Waals surface area contributed by atoms with Crippen molar-refractivity contribution in [1.82, 2.24) is 0 Å². The van der Waals surface area contributed by atoms with Crippen molar-refractivity contribution >= 4 is 23.1 Å². The molecule has 0 atom stereocenters. The number of anilines is 3. The second-order valence-corrected chi connectivity index (χ2v) is 4.11. The van der Waals surface area contributed by atoms with Crippen LogP contribution in [0.2, 0.25) is 0 Å². The quantitative estimate of drug-likeness (QED) is 0.635. The SMILES string of the molecule is NCc1cccc(NC(=O)Nc2ccc(N)cc2)c1. The lowest BCUT2D eigenvalue weighted by atomic mass is 10.2. The summed E-state index contributed by atoms with van der Waals surface area (Å²) in [6.45, 7) is 0.440. The van der Waals surface area contributed by atoms with Crippen molar-refractivity contribution in [3.8, 4) is 0 Å². The van der Waals surface area contributed by atoms with Gasteiger partial charge in [-0.05, 0) is 42.0 Å². The molecule has 0 aliphatic heterocycles. The summed E-state index contributed by atoms with van der Waals surface area (Å²) in [7, 11) is 0. The molecule has 0 unspecified atom stereocenters. The number of rotatable bonds is 3. The third kappa shape index (κ3) is 3.72. The summed E-state index contributed by atoms with van der Waals surface area (Å²) in [5.74, 6) is 0. The molecule has 0 aromatic heterocycles. The van der Waals surface area contributed by atoms with Gasteiger partial charge in [0.2, 0.25) is 0 Å². The van der Waals surface area contributed by atoms with Crippen molar-refractivity contribution in [2.24, 2.45) is 5.73 Å². The molecule has 19 heavy (non-hydrogen) atoms. The van der Waals surface area contributed by atoms with Crippen LogP contribution in [0.4, 0.5) is 21.9 Å². The molecule has 0 fully saturated rings. The lowest BCUT2D eigenvalue weighted by Gasteiger charge is -2.08. The van der Waals surface area contributed by atoms with Crippen molar-refractivity contribution in [2.45, 2.75) is 6.54 Å². The molecule has 0 saturated carbocycles. The van der Waals surface area contributed by atoms with Gasteiger partial charge in [-0.3, -0.25) is 0 Å². The highest BCUT2D eigenvalue weighted by Gasteiger charge is 2.02. The molecule has 0 bridgehead atoms. The third-order valence-electron chi connectivity index (χ3n) is 2.59. The maximum atomic E-state index is 11.8. The van der Waals surface area contributed by atoms with Gasteiger partial charge in [-0.15, -0.1) is 0 Å². The predicted molar refractivity (Wildman–Crippen MR) is 77.8 cm³/mol. The first-order chi connectivity index (χ1) is 9.17. The average Bonchev–Trinajstić information content (AvgIpc) is 2.41. The molecule has 0 saturated heterocycles. The largest absolute Gasteiger partial charge is 0.399 e. The number of carbonyl (C=O) groups is 1. The molecule has 6 N–H and O–H groups in total. The van der Waals surface area contributed by atoms with E-state index < -0.39 is 0 Å². The van der Waals surface area contributed by atoms with Crippen LogP contribution >= 0.6 is 0 Å². The Balaban J connectivity index is 1.99. The van der Waals surface area contributed by atoms with E-state index >= 15 is 0 Å². The summed E-state index contributed by atoms with van der Waals surface area (Å²) in [6.07, 6.45) is 0. The van der Waals surface area contributed by atoms with Gasteiger partial charge < -0.3 is 22.1 Å². The number of urea groups is 1. The standard InChI is InChI=1S/C14H16N4O/c15-9-10-2-1-3-13(8-10)18-14(19)17-12-6-4-11(16)5-7-12/h1-8H,9,15-16H2,(H2,17,18,19). The number of amides is 2. The van der Waals surface area contributed by atoms with Gasteiger partial charge in [0.05, 0.1) is 0 Å². The van der Waals surface area contributed by atoms with E-state index in [0.717, 1.165) is 5.56 Å². The van der Waals surface area contributed by atoms with Crippen LogP contribution < -0.4 is 22.1 Å². The van der Waals surface area contributed by atoms with Crippen molar-refractivity contribution in [3.05, 3.63) is 54.1 Å². The monoisotopic (exact) mass is 256 g/mol. The molecule has 98 valence electrons. The second-order valence-electron chi connectivity index (χ2n) is 4.11. The van der Waals surface area contributed by atoms with Crippen LogP contribution in [0.15, 0.2) is 48.5 Å². The van der Waals surface area contributed by atoms with Crippen molar-refractivity contribution in [3.63, 3.8) is 0 Å². The van der Waals surface area contributed by atoms with Crippen molar-refractivity contribution in [1.29, 1.82) is 0 Å². The topological polar surface area (TPSA) is 93.2 Å². The zero-order chi connectivity index (χ0) is 13.7. The van der Waals surface area contributed by atoms with Crippen molar-refractivity contribution in [2.75, 3.05) is 16.4 Å². The summed E-state index contributed by atoms with van der Waals surface area (Å²) in [4.78, 5) is 11.8. The summed E-state index contributed by atoms with van der Waals surface area (Å²) >= 11 is 0. The molecule has 2 aromatic rings. The Labute approximate surface area is 111 Å². The van der Waals surface area contributed by atoms with Crippen LogP contribution in [-0.4, -0.2) is 6.03 Å². The molecule has 5 nitrogen and oxygen atoms in total. The molecule has 2 amide bonds. The molecule has 0 aliphatic carbocycles. The maximum absolute atomic E-state index is 11.8. The number of benzene rings is 2. The van der Waals surface area contributed by atoms with E-state index in [1.165, 1.54) is 0 Å².